The number of carbonyl (C=O) groups is 1. The van der Waals surface area contributed by atoms with E-state index in [0.29, 0.717) is 18.9 Å². The fourth-order valence-electron chi connectivity index (χ4n) is 2.09. The number of amides is 1. The van der Waals surface area contributed by atoms with Gasteiger partial charge < -0.3 is 10.6 Å². The van der Waals surface area contributed by atoms with Gasteiger partial charge in [0.05, 0.1) is 0 Å². The molecule has 1 rings (SSSR count). The van der Waals surface area contributed by atoms with Crippen LogP contribution in [0.1, 0.15) is 40.0 Å². The Morgan fingerprint density at radius 3 is 2.43 bits per heavy atom. The number of nitrogens with two attached hydrogens (primary N) is 1. The molecule has 0 aliphatic carbocycles. The standard InChI is InChI=1S/C11H22N2O/c1-4-11(3,5-2)13-8-9(7-12)6-10(13)14/h9H,4-8,12H2,1-3H3. The van der Waals surface area contributed by atoms with Crippen LogP contribution in [0, 0.1) is 5.92 Å². The summed E-state index contributed by atoms with van der Waals surface area (Å²) < 4.78 is 0. The Bertz CT molecular complexity index is 211. The number of likely N-dealkylation sites (tertiary alicyclic amines) is 1. The van der Waals surface area contributed by atoms with Gasteiger partial charge in [-0.2, -0.15) is 0 Å². The summed E-state index contributed by atoms with van der Waals surface area (Å²) in [6.07, 6.45) is 2.69. The van der Waals surface area contributed by atoms with Crippen LogP contribution in [-0.4, -0.2) is 29.4 Å². The van der Waals surface area contributed by atoms with E-state index < -0.39 is 0 Å². The summed E-state index contributed by atoms with van der Waals surface area (Å²) in [4.78, 5) is 13.8. The highest BCUT2D eigenvalue weighted by Crippen LogP contribution is 2.30. The first kappa shape index (κ1) is 11.5. The van der Waals surface area contributed by atoms with Crippen molar-refractivity contribution in [1.29, 1.82) is 0 Å². The Kier molecular flexibility index (Phi) is 3.53. The smallest absolute Gasteiger partial charge is 0.223 e. The molecule has 3 nitrogen and oxygen atoms in total. The van der Waals surface area contributed by atoms with Gasteiger partial charge in [0.15, 0.2) is 0 Å². The van der Waals surface area contributed by atoms with E-state index in [1.807, 2.05) is 4.90 Å². The Hall–Kier alpha value is -0.570. The van der Waals surface area contributed by atoms with Crippen molar-refractivity contribution < 1.29 is 4.79 Å². The minimum Gasteiger partial charge on any atom is -0.337 e. The largest absolute Gasteiger partial charge is 0.337 e. The topological polar surface area (TPSA) is 46.3 Å². The van der Waals surface area contributed by atoms with Crippen LogP contribution in [0.4, 0.5) is 0 Å². The molecule has 1 amide bonds. The molecule has 0 aromatic rings. The minimum absolute atomic E-state index is 0.0427. The second-order valence-electron chi connectivity index (χ2n) is 4.51. The Labute approximate surface area is 86.6 Å². The van der Waals surface area contributed by atoms with Gasteiger partial charge in [-0.15, -0.1) is 0 Å². The summed E-state index contributed by atoms with van der Waals surface area (Å²) in [7, 11) is 0. The monoisotopic (exact) mass is 198 g/mol. The predicted octanol–water partition coefficient (Wildman–Crippen LogP) is 1.37. The molecule has 82 valence electrons. The maximum Gasteiger partial charge on any atom is 0.223 e. The second kappa shape index (κ2) is 4.30. The van der Waals surface area contributed by atoms with Crippen LogP contribution < -0.4 is 5.73 Å². The van der Waals surface area contributed by atoms with Gasteiger partial charge in [-0.25, -0.2) is 0 Å². The summed E-state index contributed by atoms with van der Waals surface area (Å²) in [5.74, 6) is 0.659. The van der Waals surface area contributed by atoms with Crippen LogP contribution in [0.2, 0.25) is 0 Å². The average Bonchev–Trinajstić information content (AvgIpc) is 2.59. The molecule has 1 aliphatic rings. The van der Waals surface area contributed by atoms with E-state index in [4.69, 9.17) is 5.73 Å². The van der Waals surface area contributed by atoms with Crippen LogP contribution in [0.15, 0.2) is 0 Å². The molecule has 1 fully saturated rings. The summed E-state index contributed by atoms with van der Waals surface area (Å²) in [6.45, 7) is 7.95. The summed E-state index contributed by atoms with van der Waals surface area (Å²) in [5, 5.41) is 0. The lowest BCUT2D eigenvalue weighted by molar-refractivity contribution is -0.133. The molecule has 1 unspecified atom stereocenters. The van der Waals surface area contributed by atoms with E-state index in [0.717, 1.165) is 19.4 Å². The highest BCUT2D eigenvalue weighted by molar-refractivity contribution is 5.79. The number of hydrogen-bond acceptors (Lipinski definition) is 2. The molecule has 0 radical (unpaired) electrons. The molecule has 2 N–H and O–H groups in total. The van der Waals surface area contributed by atoms with E-state index >= 15 is 0 Å². The lowest BCUT2D eigenvalue weighted by Gasteiger charge is -2.37. The normalized spacial score (nSPS) is 23.3. The van der Waals surface area contributed by atoms with Crippen molar-refractivity contribution in [3.8, 4) is 0 Å². The fraction of sp³-hybridized carbons (Fsp3) is 0.909. The molecule has 0 saturated carbocycles. The lowest BCUT2D eigenvalue weighted by Crippen LogP contribution is -2.46. The number of carbonyl (C=O) groups excluding carboxylic acids is 1. The number of hydrogen-bond donors (Lipinski definition) is 1. The first-order chi connectivity index (χ1) is 6.57. The summed E-state index contributed by atoms with van der Waals surface area (Å²) in [6, 6.07) is 0. The van der Waals surface area contributed by atoms with Gasteiger partial charge in [0, 0.05) is 18.5 Å². The molecule has 3 heteroatoms. The Balaban J connectivity index is 2.73. The van der Waals surface area contributed by atoms with Gasteiger partial charge in [-0.05, 0) is 32.2 Å². The highest BCUT2D eigenvalue weighted by Gasteiger charge is 2.38. The molecule has 14 heavy (non-hydrogen) atoms. The van der Waals surface area contributed by atoms with Crippen molar-refractivity contribution in [1.82, 2.24) is 4.90 Å². The van der Waals surface area contributed by atoms with Crippen molar-refractivity contribution in [2.24, 2.45) is 11.7 Å². The van der Waals surface area contributed by atoms with Crippen molar-refractivity contribution in [3.63, 3.8) is 0 Å². The molecular formula is C11H22N2O. The number of rotatable bonds is 4. The zero-order valence-corrected chi connectivity index (χ0v) is 9.55. The second-order valence-corrected chi connectivity index (χ2v) is 4.51. The fourth-order valence-corrected chi connectivity index (χ4v) is 2.09. The lowest BCUT2D eigenvalue weighted by atomic mass is 9.93. The van der Waals surface area contributed by atoms with Crippen molar-refractivity contribution >= 4 is 5.91 Å². The first-order valence-corrected chi connectivity index (χ1v) is 5.58. The Morgan fingerprint density at radius 1 is 1.50 bits per heavy atom. The SMILES string of the molecule is CCC(C)(CC)N1CC(CN)CC1=O. The molecule has 0 aromatic carbocycles. The van der Waals surface area contributed by atoms with Gasteiger partial charge in [0.25, 0.3) is 0 Å². The molecule has 1 heterocycles. The first-order valence-electron chi connectivity index (χ1n) is 5.58. The molecule has 1 saturated heterocycles. The summed E-state index contributed by atoms with van der Waals surface area (Å²) in [5.41, 5.74) is 5.65. The zero-order valence-electron chi connectivity index (χ0n) is 9.55. The van der Waals surface area contributed by atoms with Gasteiger partial charge in [-0.3, -0.25) is 4.79 Å². The van der Waals surface area contributed by atoms with Crippen LogP contribution in [0.3, 0.4) is 0 Å². The van der Waals surface area contributed by atoms with E-state index in [9.17, 15) is 4.79 Å². The summed E-state index contributed by atoms with van der Waals surface area (Å²) >= 11 is 0. The van der Waals surface area contributed by atoms with E-state index in [1.165, 1.54) is 0 Å². The van der Waals surface area contributed by atoms with Gasteiger partial charge in [-0.1, -0.05) is 13.8 Å². The van der Waals surface area contributed by atoms with E-state index in [1.54, 1.807) is 0 Å². The molecule has 0 aromatic heterocycles. The average molecular weight is 198 g/mol. The molecule has 1 aliphatic heterocycles. The molecule has 1 atom stereocenters. The van der Waals surface area contributed by atoms with Crippen LogP contribution in [-0.2, 0) is 4.79 Å². The van der Waals surface area contributed by atoms with Crippen molar-refractivity contribution in [2.75, 3.05) is 13.1 Å². The van der Waals surface area contributed by atoms with Gasteiger partial charge >= 0.3 is 0 Å². The van der Waals surface area contributed by atoms with Crippen LogP contribution in [0.25, 0.3) is 0 Å². The third kappa shape index (κ3) is 1.92. The van der Waals surface area contributed by atoms with E-state index in [2.05, 4.69) is 20.8 Å². The third-order valence-electron chi connectivity index (χ3n) is 3.71. The van der Waals surface area contributed by atoms with Crippen LogP contribution >= 0.6 is 0 Å². The van der Waals surface area contributed by atoms with Crippen molar-refractivity contribution in [2.45, 2.75) is 45.6 Å². The Morgan fingerprint density at radius 2 is 2.07 bits per heavy atom. The quantitative estimate of drug-likeness (QED) is 0.741. The van der Waals surface area contributed by atoms with Crippen LogP contribution in [0.5, 0.6) is 0 Å². The van der Waals surface area contributed by atoms with Gasteiger partial charge in [0.1, 0.15) is 0 Å². The molecular weight excluding hydrogens is 176 g/mol. The molecule has 0 spiro atoms. The maximum absolute atomic E-state index is 11.8. The predicted molar refractivity (Wildman–Crippen MR) is 57.9 cm³/mol. The highest BCUT2D eigenvalue weighted by atomic mass is 16.2. The number of nitrogens with zero attached hydrogens (tertiary/aromatic N) is 1. The molecule has 0 bridgehead atoms. The third-order valence-corrected chi connectivity index (χ3v) is 3.71. The van der Waals surface area contributed by atoms with E-state index in [-0.39, 0.29) is 11.4 Å². The minimum atomic E-state index is 0.0427. The maximum atomic E-state index is 11.8. The van der Waals surface area contributed by atoms with Crippen molar-refractivity contribution in [3.05, 3.63) is 0 Å². The zero-order chi connectivity index (χ0) is 10.8. The van der Waals surface area contributed by atoms with Gasteiger partial charge in [0.2, 0.25) is 5.91 Å².